The largest absolute Gasteiger partial charge is 0.295 e. The van der Waals surface area contributed by atoms with E-state index >= 15 is 0 Å². The van der Waals surface area contributed by atoms with Crippen LogP contribution in [0.3, 0.4) is 0 Å². The minimum atomic E-state index is 0.939. The van der Waals surface area contributed by atoms with Crippen molar-refractivity contribution >= 4 is 22.7 Å². The molecular formula is C12H16N2S2. The van der Waals surface area contributed by atoms with Gasteiger partial charge in [-0.15, -0.1) is 22.7 Å². The maximum absolute atomic E-state index is 4.58. The first-order chi connectivity index (χ1) is 7.78. The predicted molar refractivity (Wildman–Crippen MR) is 71.0 cm³/mol. The van der Waals surface area contributed by atoms with Crippen molar-refractivity contribution in [2.24, 2.45) is 0 Å². The summed E-state index contributed by atoms with van der Waals surface area (Å²) in [5, 5.41) is 5.53. The number of hydrogen-bond donors (Lipinski definition) is 0. The second kappa shape index (κ2) is 5.57. The molecule has 0 saturated heterocycles. The summed E-state index contributed by atoms with van der Waals surface area (Å²) in [5.74, 6) is 0. The highest BCUT2D eigenvalue weighted by molar-refractivity contribution is 7.10. The van der Waals surface area contributed by atoms with Gasteiger partial charge in [0.25, 0.3) is 0 Å². The molecule has 0 aliphatic carbocycles. The van der Waals surface area contributed by atoms with Crippen LogP contribution in [0.1, 0.15) is 22.5 Å². The maximum atomic E-state index is 4.58. The third-order valence-corrected chi connectivity index (χ3v) is 4.24. The van der Waals surface area contributed by atoms with Gasteiger partial charge in [0.15, 0.2) is 0 Å². The third-order valence-electron chi connectivity index (χ3n) is 2.34. The molecule has 2 heterocycles. The highest BCUT2D eigenvalue weighted by Crippen LogP contribution is 2.15. The van der Waals surface area contributed by atoms with Crippen LogP contribution >= 0.6 is 22.7 Å². The van der Waals surface area contributed by atoms with Crippen molar-refractivity contribution in [3.05, 3.63) is 38.5 Å². The predicted octanol–water partition coefficient (Wildman–Crippen LogP) is 3.40. The Bertz CT molecular complexity index is 420. The Morgan fingerprint density at radius 3 is 2.81 bits per heavy atom. The van der Waals surface area contributed by atoms with Crippen LogP contribution in [0.5, 0.6) is 0 Å². The molecule has 16 heavy (non-hydrogen) atoms. The topological polar surface area (TPSA) is 16.1 Å². The lowest BCUT2D eigenvalue weighted by Crippen LogP contribution is -2.16. The summed E-state index contributed by atoms with van der Waals surface area (Å²) in [6.45, 7) is 4.10. The lowest BCUT2D eigenvalue weighted by atomic mass is 10.4. The van der Waals surface area contributed by atoms with Crippen LogP contribution in [0.15, 0.2) is 22.9 Å². The molecule has 0 aliphatic rings. The SMILES string of the molecule is CCc1nc(CN(C)Cc2cccs2)cs1. The van der Waals surface area contributed by atoms with Gasteiger partial charge in [0.2, 0.25) is 0 Å². The van der Waals surface area contributed by atoms with E-state index in [1.807, 2.05) is 11.3 Å². The first-order valence-electron chi connectivity index (χ1n) is 5.42. The second-order valence-corrected chi connectivity index (χ2v) is 5.81. The molecule has 86 valence electrons. The average molecular weight is 252 g/mol. The zero-order chi connectivity index (χ0) is 11.4. The Morgan fingerprint density at radius 1 is 1.31 bits per heavy atom. The normalized spacial score (nSPS) is 11.2. The molecule has 2 aromatic heterocycles. The van der Waals surface area contributed by atoms with E-state index in [0.717, 1.165) is 19.5 Å². The summed E-state index contributed by atoms with van der Waals surface area (Å²) >= 11 is 3.58. The van der Waals surface area contributed by atoms with E-state index in [1.54, 1.807) is 11.3 Å². The number of rotatable bonds is 5. The Hall–Kier alpha value is -0.710. The van der Waals surface area contributed by atoms with E-state index in [0.29, 0.717) is 0 Å². The summed E-state index contributed by atoms with van der Waals surface area (Å²) in [4.78, 5) is 8.29. The van der Waals surface area contributed by atoms with Crippen molar-refractivity contribution in [3.63, 3.8) is 0 Å². The van der Waals surface area contributed by atoms with E-state index in [1.165, 1.54) is 15.6 Å². The zero-order valence-corrected chi connectivity index (χ0v) is 11.3. The minimum absolute atomic E-state index is 0.939. The van der Waals surface area contributed by atoms with Crippen LogP contribution in [0.4, 0.5) is 0 Å². The molecule has 0 saturated carbocycles. The Balaban J connectivity index is 1.89. The summed E-state index contributed by atoms with van der Waals surface area (Å²) in [5.41, 5.74) is 1.20. The van der Waals surface area contributed by atoms with E-state index < -0.39 is 0 Å². The number of aryl methyl sites for hydroxylation is 1. The van der Waals surface area contributed by atoms with Crippen LogP contribution in [0.25, 0.3) is 0 Å². The van der Waals surface area contributed by atoms with Crippen LogP contribution < -0.4 is 0 Å². The Labute approximate surface area is 105 Å². The van der Waals surface area contributed by atoms with Gasteiger partial charge < -0.3 is 0 Å². The molecular weight excluding hydrogens is 236 g/mol. The van der Waals surface area contributed by atoms with Crippen molar-refractivity contribution < 1.29 is 0 Å². The van der Waals surface area contributed by atoms with E-state index in [-0.39, 0.29) is 0 Å². The van der Waals surface area contributed by atoms with E-state index in [2.05, 4.69) is 46.7 Å². The summed E-state index contributed by atoms with van der Waals surface area (Å²) in [6.07, 6.45) is 1.04. The smallest absolute Gasteiger partial charge is 0.0926 e. The monoisotopic (exact) mass is 252 g/mol. The molecule has 4 heteroatoms. The van der Waals surface area contributed by atoms with Crippen molar-refractivity contribution in [3.8, 4) is 0 Å². The van der Waals surface area contributed by atoms with Gasteiger partial charge in [-0.1, -0.05) is 13.0 Å². The minimum Gasteiger partial charge on any atom is -0.295 e. The van der Waals surface area contributed by atoms with Gasteiger partial charge in [-0.2, -0.15) is 0 Å². The van der Waals surface area contributed by atoms with Crippen LogP contribution in [0, 0.1) is 0 Å². The summed E-state index contributed by atoms with van der Waals surface area (Å²) in [7, 11) is 2.14. The van der Waals surface area contributed by atoms with E-state index in [4.69, 9.17) is 0 Å². The molecule has 0 N–H and O–H groups in total. The number of hydrogen-bond acceptors (Lipinski definition) is 4. The molecule has 0 atom stereocenters. The van der Waals surface area contributed by atoms with Crippen molar-refractivity contribution in [2.75, 3.05) is 7.05 Å². The first kappa shape index (κ1) is 11.8. The van der Waals surface area contributed by atoms with Gasteiger partial charge in [-0.05, 0) is 24.9 Å². The van der Waals surface area contributed by atoms with Crippen LogP contribution in [-0.2, 0) is 19.5 Å². The molecule has 2 rings (SSSR count). The zero-order valence-electron chi connectivity index (χ0n) is 9.64. The number of thiophene rings is 1. The lowest BCUT2D eigenvalue weighted by molar-refractivity contribution is 0.318. The molecule has 0 spiro atoms. The lowest BCUT2D eigenvalue weighted by Gasteiger charge is -2.13. The standard InChI is InChI=1S/C12H16N2S2/c1-3-12-13-10(9-16-12)7-14(2)8-11-5-4-6-15-11/h4-6,9H,3,7-8H2,1-2H3. The first-order valence-corrected chi connectivity index (χ1v) is 7.18. The van der Waals surface area contributed by atoms with Crippen molar-refractivity contribution in [2.45, 2.75) is 26.4 Å². The van der Waals surface area contributed by atoms with Gasteiger partial charge >= 0.3 is 0 Å². The Morgan fingerprint density at radius 2 is 2.19 bits per heavy atom. The molecule has 0 bridgehead atoms. The summed E-state index contributed by atoms with van der Waals surface area (Å²) in [6, 6.07) is 4.28. The van der Waals surface area contributed by atoms with Crippen LogP contribution in [0.2, 0.25) is 0 Å². The molecule has 0 fully saturated rings. The van der Waals surface area contributed by atoms with Gasteiger partial charge in [-0.3, -0.25) is 4.90 Å². The molecule has 0 aliphatic heterocycles. The maximum Gasteiger partial charge on any atom is 0.0926 e. The van der Waals surface area contributed by atoms with Gasteiger partial charge in [0.1, 0.15) is 0 Å². The second-order valence-electron chi connectivity index (χ2n) is 3.84. The highest BCUT2D eigenvalue weighted by atomic mass is 32.1. The van der Waals surface area contributed by atoms with Crippen LogP contribution in [-0.4, -0.2) is 16.9 Å². The average Bonchev–Trinajstić information content (AvgIpc) is 2.89. The molecule has 2 nitrogen and oxygen atoms in total. The summed E-state index contributed by atoms with van der Waals surface area (Å²) < 4.78 is 0. The fourth-order valence-electron chi connectivity index (χ4n) is 1.58. The van der Waals surface area contributed by atoms with Gasteiger partial charge in [0.05, 0.1) is 10.7 Å². The number of thiazole rings is 1. The molecule has 0 radical (unpaired) electrons. The molecule has 0 unspecified atom stereocenters. The fourth-order valence-corrected chi connectivity index (χ4v) is 3.10. The highest BCUT2D eigenvalue weighted by Gasteiger charge is 2.05. The van der Waals surface area contributed by atoms with E-state index in [9.17, 15) is 0 Å². The van der Waals surface area contributed by atoms with Gasteiger partial charge in [-0.25, -0.2) is 4.98 Å². The van der Waals surface area contributed by atoms with Crippen molar-refractivity contribution in [1.29, 1.82) is 0 Å². The quantitative estimate of drug-likeness (QED) is 0.811. The third kappa shape index (κ3) is 3.14. The molecule has 0 aromatic carbocycles. The Kier molecular flexibility index (Phi) is 4.09. The van der Waals surface area contributed by atoms with Crippen molar-refractivity contribution in [1.82, 2.24) is 9.88 Å². The number of aromatic nitrogens is 1. The fraction of sp³-hybridized carbons (Fsp3) is 0.417. The molecule has 2 aromatic rings. The number of nitrogens with zero attached hydrogens (tertiary/aromatic N) is 2. The molecule has 0 amide bonds. The van der Waals surface area contributed by atoms with Gasteiger partial charge in [0, 0.05) is 23.3 Å².